The molecule has 0 bridgehead atoms. The van der Waals surface area contributed by atoms with Gasteiger partial charge in [0.15, 0.2) is 0 Å². The van der Waals surface area contributed by atoms with E-state index >= 15 is 0 Å². The Hall–Kier alpha value is -0.193. The lowest BCUT2D eigenvalue weighted by atomic mass is 9.89. The molecule has 1 N–H and O–H groups in total. The number of nitrogens with one attached hydrogen (secondary N) is 1. The minimum atomic E-state index is -1.01. The molecule has 4 heteroatoms. The van der Waals surface area contributed by atoms with E-state index in [1.807, 2.05) is 0 Å². The first kappa shape index (κ1) is 11.3. The fraction of sp³-hybridized carbons (Fsp3) is 0.909. The molecule has 0 atom stereocenters. The van der Waals surface area contributed by atoms with Crippen LogP contribution >= 0.6 is 0 Å². The van der Waals surface area contributed by atoms with Gasteiger partial charge in [0.05, 0.1) is 20.3 Å². The summed E-state index contributed by atoms with van der Waals surface area (Å²) in [6.07, 6.45) is 5.99. The third-order valence-electron chi connectivity index (χ3n) is 3.35. The quantitative estimate of drug-likeness (QED) is 0.718. The lowest BCUT2D eigenvalue weighted by Crippen LogP contribution is -2.56. The van der Waals surface area contributed by atoms with Gasteiger partial charge in [0.25, 0.3) is 0 Å². The fourth-order valence-corrected chi connectivity index (χ4v) is 4.18. The number of hydrogen-bond acceptors (Lipinski definition) is 3. The van der Waals surface area contributed by atoms with Crippen molar-refractivity contribution in [3.8, 4) is 0 Å². The second-order valence-electron chi connectivity index (χ2n) is 6.07. The fourth-order valence-electron chi connectivity index (χ4n) is 2.62. The van der Waals surface area contributed by atoms with E-state index in [4.69, 9.17) is 0 Å². The van der Waals surface area contributed by atoms with E-state index in [1.165, 1.54) is 19.0 Å². The summed E-state index contributed by atoms with van der Waals surface area (Å²) in [5, 5.41) is 3.44. The molecule has 86 valence electrons. The SMILES string of the molecule is C[Si](C)(C)CN1CN=CC12CCNCC2. The topological polar surface area (TPSA) is 27.6 Å². The maximum absolute atomic E-state index is 4.52. The van der Waals surface area contributed by atoms with Crippen LogP contribution in [-0.4, -0.2) is 50.7 Å². The van der Waals surface area contributed by atoms with Crippen LogP contribution in [0.2, 0.25) is 19.6 Å². The number of aliphatic imine (C=N–C) groups is 1. The lowest BCUT2D eigenvalue weighted by molar-refractivity contribution is 0.161. The Morgan fingerprint density at radius 2 is 2.00 bits per heavy atom. The lowest BCUT2D eigenvalue weighted by Gasteiger charge is -2.42. The molecule has 0 aliphatic carbocycles. The molecular weight excluding hydrogens is 202 g/mol. The molecule has 0 aromatic heterocycles. The van der Waals surface area contributed by atoms with Crippen LogP contribution in [0.25, 0.3) is 0 Å². The van der Waals surface area contributed by atoms with E-state index in [9.17, 15) is 0 Å². The minimum Gasteiger partial charge on any atom is -0.317 e. The summed E-state index contributed by atoms with van der Waals surface area (Å²) < 4.78 is 0. The van der Waals surface area contributed by atoms with Crippen LogP contribution in [0.15, 0.2) is 4.99 Å². The van der Waals surface area contributed by atoms with Gasteiger partial charge in [-0.2, -0.15) is 0 Å². The van der Waals surface area contributed by atoms with Crippen molar-refractivity contribution in [1.82, 2.24) is 10.2 Å². The van der Waals surface area contributed by atoms with Gasteiger partial charge >= 0.3 is 0 Å². The predicted octanol–water partition coefficient (Wildman–Crippen LogP) is 1.33. The number of rotatable bonds is 2. The van der Waals surface area contributed by atoms with Crippen molar-refractivity contribution in [2.24, 2.45) is 4.99 Å². The monoisotopic (exact) mass is 225 g/mol. The van der Waals surface area contributed by atoms with Crippen LogP contribution in [-0.2, 0) is 0 Å². The van der Waals surface area contributed by atoms with Gasteiger partial charge in [-0.3, -0.25) is 9.89 Å². The number of piperidine rings is 1. The molecule has 2 aliphatic rings. The highest BCUT2D eigenvalue weighted by molar-refractivity contribution is 6.76. The van der Waals surface area contributed by atoms with Crippen molar-refractivity contribution in [2.75, 3.05) is 25.9 Å². The van der Waals surface area contributed by atoms with E-state index in [2.05, 4.69) is 41.1 Å². The average molecular weight is 225 g/mol. The van der Waals surface area contributed by atoms with Gasteiger partial charge in [0.2, 0.25) is 0 Å². The molecule has 0 saturated carbocycles. The van der Waals surface area contributed by atoms with Crippen LogP contribution in [0.4, 0.5) is 0 Å². The molecule has 2 rings (SSSR count). The van der Waals surface area contributed by atoms with Gasteiger partial charge in [-0.1, -0.05) is 19.6 Å². The largest absolute Gasteiger partial charge is 0.317 e. The second-order valence-corrected chi connectivity index (χ2v) is 11.5. The average Bonchev–Trinajstić information content (AvgIpc) is 2.48. The van der Waals surface area contributed by atoms with Gasteiger partial charge in [0.1, 0.15) is 0 Å². The van der Waals surface area contributed by atoms with Crippen molar-refractivity contribution < 1.29 is 0 Å². The van der Waals surface area contributed by atoms with Crippen LogP contribution in [0, 0.1) is 0 Å². The third-order valence-corrected chi connectivity index (χ3v) is 4.68. The smallest absolute Gasteiger partial charge is 0.0911 e. The first-order valence-corrected chi connectivity index (χ1v) is 9.69. The Labute approximate surface area is 94.0 Å². The molecule has 2 aliphatic heterocycles. The Bertz CT molecular complexity index is 251. The molecular formula is C11H23N3Si. The maximum atomic E-state index is 4.52. The van der Waals surface area contributed by atoms with Crippen molar-refractivity contribution in [2.45, 2.75) is 38.0 Å². The molecule has 3 nitrogen and oxygen atoms in total. The van der Waals surface area contributed by atoms with Crippen LogP contribution in [0.1, 0.15) is 12.8 Å². The third kappa shape index (κ3) is 2.49. The van der Waals surface area contributed by atoms with Gasteiger partial charge < -0.3 is 5.32 Å². The zero-order valence-electron chi connectivity index (χ0n) is 10.2. The Morgan fingerprint density at radius 3 is 2.60 bits per heavy atom. The summed E-state index contributed by atoms with van der Waals surface area (Å²) in [5.41, 5.74) is 0.311. The van der Waals surface area contributed by atoms with E-state index in [1.54, 1.807) is 0 Å². The van der Waals surface area contributed by atoms with Crippen LogP contribution in [0.5, 0.6) is 0 Å². The summed E-state index contributed by atoms with van der Waals surface area (Å²) in [6, 6.07) is 0. The summed E-state index contributed by atoms with van der Waals surface area (Å²) in [6.45, 7) is 10.6. The van der Waals surface area contributed by atoms with Crippen LogP contribution in [0.3, 0.4) is 0 Å². The van der Waals surface area contributed by atoms with Gasteiger partial charge in [-0.05, 0) is 32.1 Å². The van der Waals surface area contributed by atoms with Crippen molar-refractivity contribution in [3.63, 3.8) is 0 Å². The minimum absolute atomic E-state index is 0.311. The molecule has 1 saturated heterocycles. The second kappa shape index (κ2) is 4.00. The number of hydrogen-bond donors (Lipinski definition) is 1. The first-order valence-electron chi connectivity index (χ1n) is 5.99. The molecule has 0 aromatic carbocycles. The number of nitrogens with zero attached hydrogens (tertiary/aromatic N) is 2. The van der Waals surface area contributed by atoms with E-state index in [0.717, 1.165) is 19.8 Å². The van der Waals surface area contributed by atoms with Gasteiger partial charge in [-0.25, -0.2) is 0 Å². The first-order chi connectivity index (χ1) is 7.02. The zero-order chi connectivity index (χ0) is 10.9. The molecule has 0 radical (unpaired) electrons. The van der Waals surface area contributed by atoms with E-state index in [-0.39, 0.29) is 0 Å². The molecule has 0 aromatic rings. The highest BCUT2D eigenvalue weighted by atomic mass is 28.3. The standard InChI is InChI=1S/C11H23N3Si/c1-15(2,3)10-14-9-13-8-11(14)4-6-12-7-5-11/h8,12H,4-7,9-10H2,1-3H3. The van der Waals surface area contributed by atoms with E-state index in [0.29, 0.717) is 5.54 Å². The Balaban J connectivity index is 2.06. The zero-order valence-corrected chi connectivity index (χ0v) is 11.2. The normalized spacial score (nSPS) is 26.3. The van der Waals surface area contributed by atoms with Crippen LogP contribution < -0.4 is 5.32 Å². The predicted molar refractivity (Wildman–Crippen MR) is 68.2 cm³/mol. The van der Waals surface area contributed by atoms with Crippen molar-refractivity contribution >= 4 is 14.3 Å². The van der Waals surface area contributed by atoms with E-state index < -0.39 is 8.07 Å². The highest BCUT2D eigenvalue weighted by Gasteiger charge is 2.40. The summed E-state index contributed by atoms with van der Waals surface area (Å²) in [5.74, 6) is 0. The Morgan fingerprint density at radius 1 is 1.33 bits per heavy atom. The van der Waals surface area contributed by atoms with Crippen molar-refractivity contribution in [3.05, 3.63) is 0 Å². The highest BCUT2D eigenvalue weighted by Crippen LogP contribution is 2.29. The molecule has 2 heterocycles. The molecule has 1 fully saturated rings. The van der Waals surface area contributed by atoms with Crippen molar-refractivity contribution in [1.29, 1.82) is 0 Å². The molecule has 1 spiro atoms. The van der Waals surface area contributed by atoms with Gasteiger partial charge in [0, 0.05) is 6.21 Å². The summed E-state index contributed by atoms with van der Waals surface area (Å²) >= 11 is 0. The maximum Gasteiger partial charge on any atom is 0.0911 e. The summed E-state index contributed by atoms with van der Waals surface area (Å²) in [4.78, 5) is 7.15. The molecule has 15 heavy (non-hydrogen) atoms. The molecule has 0 unspecified atom stereocenters. The summed E-state index contributed by atoms with van der Waals surface area (Å²) in [7, 11) is -1.01. The Kier molecular flexibility index (Phi) is 3.01. The van der Waals surface area contributed by atoms with Gasteiger partial charge in [-0.15, -0.1) is 0 Å². The molecule has 0 amide bonds.